The van der Waals surface area contributed by atoms with Crippen LogP contribution >= 0.6 is 15.9 Å². The third-order valence-corrected chi connectivity index (χ3v) is 3.63. The first kappa shape index (κ1) is 15.3. The topological polar surface area (TPSA) is 72.7 Å². The number of hydrogen-bond acceptors (Lipinski definition) is 4. The first-order chi connectivity index (χ1) is 11.0. The first-order valence-corrected chi connectivity index (χ1v) is 7.44. The molecule has 0 spiro atoms. The van der Waals surface area contributed by atoms with E-state index in [0.29, 0.717) is 10.3 Å². The minimum atomic E-state index is -0.536. The van der Waals surface area contributed by atoms with Crippen LogP contribution in [-0.4, -0.2) is 25.7 Å². The lowest BCUT2D eigenvalue weighted by Gasteiger charge is -2.07. The molecule has 0 aliphatic carbocycles. The summed E-state index contributed by atoms with van der Waals surface area (Å²) in [5.41, 5.74) is 0.170. The molecule has 6 nitrogen and oxygen atoms in total. The van der Waals surface area contributed by atoms with Crippen LogP contribution in [0.1, 0.15) is 16.3 Å². The van der Waals surface area contributed by atoms with Gasteiger partial charge in [0.1, 0.15) is 11.6 Å². The van der Waals surface area contributed by atoms with Gasteiger partial charge in [-0.2, -0.15) is 0 Å². The molecule has 8 heteroatoms. The van der Waals surface area contributed by atoms with Crippen LogP contribution in [0.3, 0.4) is 0 Å². The number of imidazole rings is 1. The largest absolute Gasteiger partial charge is 0.318 e. The van der Waals surface area contributed by atoms with Gasteiger partial charge in [-0.15, -0.1) is 10.2 Å². The molecule has 0 aliphatic heterocycles. The van der Waals surface area contributed by atoms with E-state index in [1.807, 2.05) is 6.92 Å². The van der Waals surface area contributed by atoms with Crippen molar-refractivity contribution in [1.29, 1.82) is 0 Å². The smallest absolute Gasteiger partial charge is 0.276 e. The number of rotatable bonds is 3. The number of benzene rings is 1. The van der Waals surface area contributed by atoms with E-state index < -0.39 is 11.7 Å². The quantitative estimate of drug-likeness (QED) is 0.763. The van der Waals surface area contributed by atoms with Gasteiger partial charge in [0.2, 0.25) is 0 Å². The van der Waals surface area contributed by atoms with E-state index in [0.717, 1.165) is 5.82 Å². The predicted octanol–water partition coefficient (Wildman–Crippen LogP) is 3.12. The Bertz CT molecular complexity index is 863. The van der Waals surface area contributed by atoms with Crippen LogP contribution in [0.4, 0.5) is 10.1 Å². The molecule has 0 unspecified atom stereocenters. The van der Waals surface area contributed by atoms with Gasteiger partial charge >= 0.3 is 0 Å². The molecule has 2 heterocycles. The Hall–Kier alpha value is -2.61. The van der Waals surface area contributed by atoms with E-state index in [2.05, 4.69) is 36.4 Å². The van der Waals surface area contributed by atoms with Crippen molar-refractivity contribution in [2.45, 2.75) is 6.92 Å². The number of aryl methyl sites for hydroxylation is 1. The second-order valence-corrected chi connectivity index (χ2v) is 5.62. The van der Waals surface area contributed by atoms with Gasteiger partial charge < -0.3 is 5.32 Å². The molecule has 1 N–H and O–H groups in total. The minimum Gasteiger partial charge on any atom is -0.318 e. The fourth-order valence-electron chi connectivity index (χ4n) is 1.97. The summed E-state index contributed by atoms with van der Waals surface area (Å²) in [6, 6.07) is 7.54. The van der Waals surface area contributed by atoms with Gasteiger partial charge in [-0.3, -0.25) is 9.36 Å². The highest BCUT2D eigenvalue weighted by Crippen LogP contribution is 2.19. The summed E-state index contributed by atoms with van der Waals surface area (Å²) in [4.78, 5) is 16.2. The summed E-state index contributed by atoms with van der Waals surface area (Å²) in [5.74, 6) is 0.235. The molecule has 0 aliphatic rings. The van der Waals surface area contributed by atoms with E-state index in [4.69, 9.17) is 0 Å². The van der Waals surface area contributed by atoms with Crippen LogP contribution in [0.5, 0.6) is 0 Å². The van der Waals surface area contributed by atoms with Crippen molar-refractivity contribution < 1.29 is 9.18 Å². The zero-order valence-electron chi connectivity index (χ0n) is 12.0. The third-order valence-electron chi connectivity index (χ3n) is 3.14. The molecule has 0 fully saturated rings. The highest BCUT2D eigenvalue weighted by molar-refractivity contribution is 9.10. The number of hydrogen-bond donors (Lipinski definition) is 1. The van der Waals surface area contributed by atoms with Gasteiger partial charge in [-0.25, -0.2) is 9.37 Å². The summed E-state index contributed by atoms with van der Waals surface area (Å²) >= 11 is 3.16. The van der Waals surface area contributed by atoms with E-state index in [-0.39, 0.29) is 11.4 Å². The van der Waals surface area contributed by atoms with Gasteiger partial charge in [0.15, 0.2) is 11.5 Å². The van der Waals surface area contributed by atoms with Crippen molar-refractivity contribution >= 4 is 27.5 Å². The minimum absolute atomic E-state index is 0.0783. The van der Waals surface area contributed by atoms with Crippen molar-refractivity contribution in [2.75, 3.05) is 5.32 Å². The van der Waals surface area contributed by atoms with Gasteiger partial charge in [0.25, 0.3) is 5.91 Å². The molecule has 0 saturated carbocycles. The highest BCUT2D eigenvalue weighted by Gasteiger charge is 2.12. The second-order valence-electron chi connectivity index (χ2n) is 4.70. The zero-order chi connectivity index (χ0) is 16.4. The van der Waals surface area contributed by atoms with Gasteiger partial charge in [-0.05, 0) is 37.3 Å². The fourth-order valence-corrected chi connectivity index (χ4v) is 2.31. The van der Waals surface area contributed by atoms with Crippen LogP contribution < -0.4 is 5.32 Å². The molecule has 1 amide bonds. The van der Waals surface area contributed by atoms with Crippen molar-refractivity contribution in [3.05, 3.63) is 64.5 Å². The Labute approximate surface area is 139 Å². The number of nitrogens with zero attached hydrogens (tertiary/aromatic N) is 4. The summed E-state index contributed by atoms with van der Waals surface area (Å²) < 4.78 is 16.1. The lowest BCUT2D eigenvalue weighted by atomic mass is 10.3. The summed E-state index contributed by atoms with van der Waals surface area (Å²) in [6.07, 6.45) is 3.39. The number of carbonyl (C=O) groups excluding carboxylic acids is 1. The predicted molar refractivity (Wildman–Crippen MR) is 85.9 cm³/mol. The van der Waals surface area contributed by atoms with Crippen LogP contribution in [0.15, 0.2) is 47.2 Å². The van der Waals surface area contributed by atoms with Gasteiger partial charge in [-0.1, -0.05) is 15.9 Å². The Balaban J connectivity index is 1.79. The second kappa shape index (κ2) is 6.25. The number of nitrogens with one attached hydrogen (secondary N) is 1. The standard InChI is InChI=1S/C15H11BrFN5O/c1-9-18-6-7-22(9)14-5-4-13(20-21-14)15(23)19-12-3-2-10(16)8-11(12)17/h2-8H,1H3,(H,19,23). The van der Waals surface area contributed by atoms with Crippen LogP contribution in [0, 0.1) is 12.7 Å². The lowest BCUT2D eigenvalue weighted by Crippen LogP contribution is -2.16. The van der Waals surface area contributed by atoms with Crippen molar-refractivity contribution in [1.82, 2.24) is 19.7 Å². The molecule has 3 rings (SSSR count). The van der Waals surface area contributed by atoms with E-state index in [1.165, 1.54) is 18.2 Å². The molecule has 0 bridgehead atoms. The Morgan fingerprint density at radius 2 is 2.09 bits per heavy atom. The Kier molecular flexibility index (Phi) is 4.16. The summed E-state index contributed by atoms with van der Waals surface area (Å²) in [6.45, 7) is 1.83. The van der Waals surface area contributed by atoms with Crippen LogP contribution in [-0.2, 0) is 0 Å². The number of anilines is 1. The molecular formula is C15H11BrFN5O. The number of aromatic nitrogens is 4. The fraction of sp³-hybridized carbons (Fsp3) is 0.0667. The molecule has 2 aromatic heterocycles. The van der Waals surface area contributed by atoms with Crippen molar-refractivity contribution in [3.8, 4) is 5.82 Å². The third kappa shape index (κ3) is 3.26. The SMILES string of the molecule is Cc1nccn1-c1ccc(C(=O)Nc2ccc(Br)cc2F)nn1. The van der Waals surface area contributed by atoms with E-state index in [1.54, 1.807) is 29.1 Å². The molecule has 1 aromatic carbocycles. The molecule has 0 radical (unpaired) electrons. The van der Waals surface area contributed by atoms with E-state index in [9.17, 15) is 9.18 Å². The van der Waals surface area contributed by atoms with Crippen LogP contribution in [0.2, 0.25) is 0 Å². The lowest BCUT2D eigenvalue weighted by molar-refractivity contribution is 0.102. The molecule has 116 valence electrons. The maximum atomic E-state index is 13.7. The molecule has 0 saturated heterocycles. The van der Waals surface area contributed by atoms with Gasteiger partial charge in [0, 0.05) is 16.9 Å². The Morgan fingerprint density at radius 3 is 2.70 bits per heavy atom. The summed E-state index contributed by atoms with van der Waals surface area (Å²) in [5, 5.41) is 10.3. The zero-order valence-corrected chi connectivity index (χ0v) is 13.6. The maximum absolute atomic E-state index is 13.7. The number of halogens is 2. The van der Waals surface area contributed by atoms with Crippen molar-refractivity contribution in [2.24, 2.45) is 0 Å². The molecular weight excluding hydrogens is 365 g/mol. The van der Waals surface area contributed by atoms with Gasteiger partial charge in [0.05, 0.1) is 5.69 Å². The first-order valence-electron chi connectivity index (χ1n) is 6.65. The van der Waals surface area contributed by atoms with Crippen LogP contribution in [0.25, 0.3) is 5.82 Å². The summed E-state index contributed by atoms with van der Waals surface area (Å²) in [7, 11) is 0. The number of carbonyl (C=O) groups is 1. The highest BCUT2D eigenvalue weighted by atomic mass is 79.9. The molecule has 3 aromatic rings. The average Bonchev–Trinajstić information content (AvgIpc) is 2.96. The van der Waals surface area contributed by atoms with E-state index >= 15 is 0 Å². The average molecular weight is 376 g/mol. The van der Waals surface area contributed by atoms with Crippen molar-refractivity contribution in [3.63, 3.8) is 0 Å². The normalized spacial score (nSPS) is 10.6. The Morgan fingerprint density at radius 1 is 1.26 bits per heavy atom. The monoisotopic (exact) mass is 375 g/mol. The molecule has 23 heavy (non-hydrogen) atoms. The maximum Gasteiger partial charge on any atom is 0.276 e. The molecule has 0 atom stereocenters. The number of amides is 1.